The van der Waals surface area contributed by atoms with Crippen molar-refractivity contribution in [2.45, 2.75) is 64.7 Å². The van der Waals surface area contributed by atoms with Crippen LogP contribution in [0.5, 0.6) is 5.75 Å². The second-order valence-corrected chi connectivity index (χ2v) is 7.38. The van der Waals surface area contributed by atoms with Gasteiger partial charge in [-0.25, -0.2) is 0 Å². The Morgan fingerprint density at radius 1 is 1.25 bits per heavy atom. The first-order valence-corrected chi connectivity index (χ1v) is 8.19. The molecule has 2 heteroatoms. The fourth-order valence-electron chi connectivity index (χ4n) is 2.25. The van der Waals surface area contributed by atoms with Gasteiger partial charge in [0.25, 0.3) is 0 Å². The second-order valence-electron chi connectivity index (χ2n) is 6.35. The van der Waals surface area contributed by atoms with E-state index in [1.54, 1.807) is 0 Å². The van der Waals surface area contributed by atoms with Crippen LogP contribution in [0.1, 0.15) is 58.9 Å². The van der Waals surface area contributed by atoms with Gasteiger partial charge >= 0.3 is 0 Å². The van der Waals surface area contributed by atoms with Gasteiger partial charge in [0.15, 0.2) is 0 Å². The Kier molecular flexibility index (Phi) is 7.43. The summed E-state index contributed by atoms with van der Waals surface area (Å²) in [6.07, 6.45) is 5.68. The number of benzene rings is 1. The van der Waals surface area contributed by atoms with Crippen LogP contribution in [0.3, 0.4) is 0 Å². The number of rotatable bonds is 9. The Balaban J connectivity index is 2.19. The van der Waals surface area contributed by atoms with E-state index in [0.717, 1.165) is 31.6 Å². The minimum atomic E-state index is -0.0587. The molecule has 0 aliphatic rings. The molecule has 0 aliphatic heterocycles. The lowest BCUT2D eigenvalue weighted by Crippen LogP contribution is -2.11. The molecule has 114 valence electrons. The predicted octanol–water partition coefficient (Wildman–Crippen LogP) is 5.84. The fraction of sp³-hybridized carbons (Fsp3) is 0.667. The van der Waals surface area contributed by atoms with Crippen molar-refractivity contribution in [1.82, 2.24) is 0 Å². The molecule has 1 aromatic carbocycles. The molecule has 0 spiro atoms. The van der Waals surface area contributed by atoms with Crippen molar-refractivity contribution in [3.05, 3.63) is 29.8 Å². The van der Waals surface area contributed by atoms with Gasteiger partial charge in [-0.2, -0.15) is 0 Å². The van der Waals surface area contributed by atoms with Crippen molar-refractivity contribution in [2.24, 2.45) is 5.92 Å². The van der Waals surface area contributed by atoms with Gasteiger partial charge in [-0.05, 0) is 56.7 Å². The monoisotopic (exact) mass is 296 g/mol. The lowest BCUT2D eigenvalue weighted by molar-refractivity contribution is 0.276. The number of hydrogen-bond donors (Lipinski definition) is 0. The summed E-state index contributed by atoms with van der Waals surface area (Å²) in [5.74, 6) is 1.70. The molecule has 1 rings (SSSR count). The Bertz CT molecular complexity index is 381. The van der Waals surface area contributed by atoms with Crippen molar-refractivity contribution in [1.29, 1.82) is 0 Å². The minimum absolute atomic E-state index is 0.0587. The molecular formula is C18H29ClO. The predicted molar refractivity (Wildman–Crippen MR) is 88.9 cm³/mol. The SMILES string of the molecule is CCc1cccc(OCCC(C)CCCC(C)(C)Cl)c1. The molecule has 0 N–H and O–H groups in total. The molecule has 0 fully saturated rings. The highest BCUT2D eigenvalue weighted by Crippen LogP contribution is 2.23. The Labute approximate surface area is 129 Å². The topological polar surface area (TPSA) is 9.23 Å². The summed E-state index contributed by atoms with van der Waals surface area (Å²) in [7, 11) is 0. The normalized spacial score (nSPS) is 13.2. The first kappa shape index (κ1) is 17.4. The minimum Gasteiger partial charge on any atom is -0.494 e. The lowest BCUT2D eigenvalue weighted by Gasteiger charge is -2.17. The van der Waals surface area contributed by atoms with Crippen LogP contribution in [0.2, 0.25) is 0 Å². The second kappa shape index (κ2) is 8.56. The van der Waals surface area contributed by atoms with Gasteiger partial charge in [0, 0.05) is 4.87 Å². The third-order valence-corrected chi connectivity index (χ3v) is 3.84. The molecule has 0 saturated carbocycles. The van der Waals surface area contributed by atoms with Crippen molar-refractivity contribution < 1.29 is 4.74 Å². The maximum atomic E-state index is 6.20. The highest BCUT2D eigenvalue weighted by molar-refractivity contribution is 6.23. The van der Waals surface area contributed by atoms with E-state index in [9.17, 15) is 0 Å². The van der Waals surface area contributed by atoms with Crippen LogP contribution in [0.15, 0.2) is 24.3 Å². The summed E-state index contributed by atoms with van der Waals surface area (Å²) in [6, 6.07) is 8.39. The highest BCUT2D eigenvalue weighted by Gasteiger charge is 2.13. The maximum absolute atomic E-state index is 6.20. The third kappa shape index (κ3) is 7.79. The Morgan fingerprint density at radius 3 is 2.65 bits per heavy atom. The Morgan fingerprint density at radius 2 is 2.00 bits per heavy atom. The smallest absolute Gasteiger partial charge is 0.119 e. The van der Waals surface area contributed by atoms with Crippen molar-refractivity contribution in [3.63, 3.8) is 0 Å². The summed E-state index contributed by atoms with van der Waals surface area (Å²) >= 11 is 6.20. The van der Waals surface area contributed by atoms with Gasteiger partial charge in [0.1, 0.15) is 5.75 Å². The maximum Gasteiger partial charge on any atom is 0.119 e. The van der Waals surface area contributed by atoms with E-state index < -0.39 is 0 Å². The van der Waals surface area contributed by atoms with Gasteiger partial charge in [-0.3, -0.25) is 0 Å². The molecule has 0 amide bonds. The zero-order chi connectivity index (χ0) is 15.0. The number of aryl methyl sites for hydroxylation is 1. The van der Waals surface area contributed by atoms with Gasteiger partial charge in [0.2, 0.25) is 0 Å². The average Bonchev–Trinajstić information content (AvgIpc) is 2.37. The van der Waals surface area contributed by atoms with Crippen LogP contribution < -0.4 is 4.74 Å². The molecule has 1 nitrogen and oxygen atoms in total. The van der Waals surface area contributed by atoms with E-state index >= 15 is 0 Å². The van der Waals surface area contributed by atoms with Gasteiger partial charge < -0.3 is 4.74 Å². The molecule has 0 radical (unpaired) electrons. The van der Waals surface area contributed by atoms with Gasteiger partial charge in [-0.1, -0.05) is 38.8 Å². The molecule has 0 aromatic heterocycles. The standard InChI is InChI=1S/C18H29ClO/c1-5-16-9-6-10-17(14-16)20-13-11-15(2)8-7-12-18(3,4)19/h6,9-10,14-15H,5,7-8,11-13H2,1-4H3. The van der Waals surface area contributed by atoms with Crippen molar-refractivity contribution >= 4 is 11.6 Å². The first-order chi connectivity index (χ1) is 9.40. The van der Waals surface area contributed by atoms with Gasteiger partial charge in [-0.15, -0.1) is 11.6 Å². The van der Waals surface area contributed by atoms with Crippen LogP contribution in [0, 0.1) is 5.92 Å². The zero-order valence-electron chi connectivity index (χ0n) is 13.4. The number of halogens is 1. The molecule has 0 bridgehead atoms. The number of hydrogen-bond acceptors (Lipinski definition) is 1. The molecule has 20 heavy (non-hydrogen) atoms. The summed E-state index contributed by atoms with van der Waals surface area (Å²) in [6.45, 7) is 9.44. The zero-order valence-corrected chi connectivity index (χ0v) is 14.2. The van der Waals surface area contributed by atoms with Crippen LogP contribution in [-0.4, -0.2) is 11.5 Å². The fourth-order valence-corrected chi connectivity index (χ4v) is 2.38. The van der Waals surface area contributed by atoms with E-state index in [1.165, 1.54) is 18.4 Å². The van der Waals surface area contributed by atoms with Crippen molar-refractivity contribution in [3.8, 4) is 5.75 Å². The Hall–Kier alpha value is -0.690. The summed E-state index contributed by atoms with van der Waals surface area (Å²) < 4.78 is 5.84. The van der Waals surface area contributed by atoms with Gasteiger partial charge in [0.05, 0.1) is 6.61 Å². The third-order valence-electron chi connectivity index (χ3n) is 3.65. The van der Waals surface area contributed by atoms with E-state index in [1.807, 2.05) is 6.07 Å². The quantitative estimate of drug-likeness (QED) is 0.520. The molecule has 0 aliphatic carbocycles. The average molecular weight is 297 g/mol. The van der Waals surface area contributed by atoms with E-state index in [-0.39, 0.29) is 4.87 Å². The molecule has 0 heterocycles. The molecule has 1 aromatic rings. The van der Waals surface area contributed by atoms with E-state index in [4.69, 9.17) is 16.3 Å². The van der Waals surface area contributed by atoms with Crippen LogP contribution in [0.25, 0.3) is 0 Å². The number of alkyl halides is 1. The summed E-state index contributed by atoms with van der Waals surface area (Å²) in [5, 5.41) is 0. The molecular weight excluding hydrogens is 268 g/mol. The van der Waals surface area contributed by atoms with Crippen LogP contribution in [-0.2, 0) is 6.42 Å². The molecule has 1 atom stereocenters. The van der Waals surface area contributed by atoms with Crippen molar-refractivity contribution in [2.75, 3.05) is 6.61 Å². The first-order valence-electron chi connectivity index (χ1n) is 7.81. The largest absolute Gasteiger partial charge is 0.494 e. The van der Waals surface area contributed by atoms with Crippen LogP contribution in [0.4, 0.5) is 0 Å². The molecule has 1 unspecified atom stereocenters. The summed E-state index contributed by atoms with van der Waals surface area (Å²) in [5.41, 5.74) is 1.33. The van der Waals surface area contributed by atoms with Crippen LogP contribution >= 0.6 is 11.6 Å². The number of ether oxygens (including phenoxy) is 1. The van der Waals surface area contributed by atoms with E-state index in [2.05, 4.69) is 45.9 Å². The molecule has 0 saturated heterocycles. The van der Waals surface area contributed by atoms with E-state index in [0.29, 0.717) is 5.92 Å². The lowest BCUT2D eigenvalue weighted by atomic mass is 9.97. The highest BCUT2D eigenvalue weighted by atomic mass is 35.5. The summed E-state index contributed by atoms with van der Waals surface area (Å²) in [4.78, 5) is -0.0587.